The number of carbonyl (C=O) groups excluding carboxylic acids is 2. The number of hydrogen-bond donors (Lipinski definition) is 2. The van der Waals surface area contributed by atoms with E-state index in [1.54, 1.807) is 25.1 Å². The van der Waals surface area contributed by atoms with Crippen molar-refractivity contribution < 1.29 is 19.1 Å². The Kier molecular flexibility index (Phi) is 7.48. The van der Waals surface area contributed by atoms with Crippen molar-refractivity contribution in [3.8, 4) is 0 Å². The van der Waals surface area contributed by atoms with Crippen LogP contribution in [0.3, 0.4) is 0 Å². The molecule has 31 heavy (non-hydrogen) atoms. The Morgan fingerprint density at radius 2 is 1.55 bits per heavy atom. The molecule has 0 atom stereocenters. The van der Waals surface area contributed by atoms with Crippen LogP contribution < -0.4 is 16.0 Å². The molecule has 0 aliphatic carbocycles. The van der Waals surface area contributed by atoms with E-state index in [0.717, 1.165) is 11.1 Å². The third-order valence-corrected chi connectivity index (χ3v) is 4.47. The summed E-state index contributed by atoms with van der Waals surface area (Å²) in [5.41, 5.74) is 9.20. The number of nitrogens with two attached hydrogens (primary N) is 1. The van der Waals surface area contributed by atoms with Gasteiger partial charge in [-0.05, 0) is 36.2 Å². The molecule has 0 radical (unpaired) electrons. The highest BCUT2D eigenvalue weighted by atomic mass is 16.6. The van der Waals surface area contributed by atoms with Crippen LogP contribution in [0.5, 0.6) is 0 Å². The smallest absolute Gasteiger partial charge is 0.414 e. The summed E-state index contributed by atoms with van der Waals surface area (Å²) in [4.78, 5) is 26.1. The average Bonchev–Trinajstić information content (AvgIpc) is 2.79. The summed E-state index contributed by atoms with van der Waals surface area (Å²) in [5.74, 6) is 0. The van der Waals surface area contributed by atoms with Crippen LogP contribution in [0.1, 0.15) is 18.1 Å². The lowest BCUT2D eigenvalue weighted by Gasteiger charge is -2.23. The van der Waals surface area contributed by atoms with Gasteiger partial charge < -0.3 is 15.2 Å². The van der Waals surface area contributed by atoms with Crippen molar-refractivity contribution in [3.05, 3.63) is 90.0 Å². The predicted molar refractivity (Wildman–Crippen MR) is 121 cm³/mol. The van der Waals surface area contributed by atoms with Gasteiger partial charge in [-0.25, -0.2) is 9.59 Å². The van der Waals surface area contributed by atoms with Crippen LogP contribution in [0.4, 0.5) is 26.7 Å². The highest BCUT2D eigenvalue weighted by molar-refractivity contribution is 5.93. The van der Waals surface area contributed by atoms with Crippen molar-refractivity contribution in [2.45, 2.75) is 20.1 Å². The Labute approximate surface area is 181 Å². The van der Waals surface area contributed by atoms with Gasteiger partial charge in [0.15, 0.2) is 0 Å². The summed E-state index contributed by atoms with van der Waals surface area (Å²) in [6, 6.07) is 24.0. The van der Waals surface area contributed by atoms with Crippen LogP contribution in [-0.4, -0.2) is 18.8 Å². The van der Waals surface area contributed by atoms with Gasteiger partial charge in [0.05, 0.1) is 24.5 Å². The number of anilines is 3. The Morgan fingerprint density at radius 1 is 0.903 bits per heavy atom. The van der Waals surface area contributed by atoms with E-state index in [-0.39, 0.29) is 13.2 Å². The summed E-state index contributed by atoms with van der Waals surface area (Å²) in [7, 11) is 0. The monoisotopic (exact) mass is 419 g/mol. The molecule has 7 nitrogen and oxygen atoms in total. The van der Waals surface area contributed by atoms with E-state index in [2.05, 4.69) is 5.32 Å². The maximum Gasteiger partial charge on any atom is 0.414 e. The van der Waals surface area contributed by atoms with Crippen LogP contribution in [0.15, 0.2) is 78.9 Å². The van der Waals surface area contributed by atoms with E-state index < -0.39 is 12.2 Å². The van der Waals surface area contributed by atoms with Gasteiger partial charge in [0, 0.05) is 5.69 Å². The first-order chi connectivity index (χ1) is 15.1. The molecule has 0 aliphatic heterocycles. The maximum absolute atomic E-state index is 13.0. The van der Waals surface area contributed by atoms with Crippen LogP contribution in [0, 0.1) is 0 Å². The molecule has 7 heteroatoms. The summed E-state index contributed by atoms with van der Waals surface area (Å²) < 4.78 is 10.4. The highest BCUT2D eigenvalue weighted by Gasteiger charge is 2.19. The third kappa shape index (κ3) is 6.24. The summed E-state index contributed by atoms with van der Waals surface area (Å²) in [5, 5.41) is 2.58. The molecule has 0 spiro atoms. The third-order valence-electron chi connectivity index (χ3n) is 4.47. The first kappa shape index (κ1) is 21.7. The summed E-state index contributed by atoms with van der Waals surface area (Å²) in [6.07, 6.45) is -1.09. The first-order valence-electron chi connectivity index (χ1n) is 9.92. The standard InChI is InChI=1S/C24H25N3O4/c1-2-30-23(28)26-22-14-13-20(15-21(22)25)27(16-18-9-5-3-6-10-18)24(29)31-17-19-11-7-4-8-12-19/h3-15H,2,16-17,25H2,1H3,(H,26,28). The minimum atomic E-state index is -0.592. The second kappa shape index (κ2) is 10.7. The molecule has 0 unspecified atom stereocenters. The Bertz CT molecular complexity index is 1010. The van der Waals surface area contributed by atoms with Gasteiger partial charge in [-0.1, -0.05) is 60.7 Å². The zero-order valence-electron chi connectivity index (χ0n) is 17.3. The summed E-state index contributed by atoms with van der Waals surface area (Å²) in [6.45, 7) is 2.43. The fourth-order valence-electron chi connectivity index (χ4n) is 2.93. The molecule has 0 bridgehead atoms. The van der Waals surface area contributed by atoms with E-state index >= 15 is 0 Å². The largest absolute Gasteiger partial charge is 0.450 e. The first-order valence-corrected chi connectivity index (χ1v) is 9.92. The predicted octanol–water partition coefficient (Wildman–Crippen LogP) is 5.18. The minimum Gasteiger partial charge on any atom is -0.450 e. The molecule has 0 aromatic heterocycles. The Balaban J connectivity index is 1.80. The van der Waals surface area contributed by atoms with Gasteiger partial charge >= 0.3 is 12.2 Å². The van der Waals surface area contributed by atoms with Gasteiger partial charge in [-0.15, -0.1) is 0 Å². The molecule has 3 aromatic rings. The zero-order chi connectivity index (χ0) is 22.1. The van der Waals surface area contributed by atoms with Crippen molar-refractivity contribution in [2.24, 2.45) is 0 Å². The number of nitrogens with one attached hydrogen (secondary N) is 1. The number of benzene rings is 3. The van der Waals surface area contributed by atoms with E-state index in [1.165, 1.54) is 4.90 Å². The topological polar surface area (TPSA) is 93.9 Å². The number of rotatable bonds is 7. The molecule has 2 amide bonds. The number of nitrogen functional groups attached to an aromatic ring is 1. The van der Waals surface area contributed by atoms with Crippen molar-refractivity contribution in [3.63, 3.8) is 0 Å². The van der Waals surface area contributed by atoms with E-state index in [9.17, 15) is 9.59 Å². The fourth-order valence-corrected chi connectivity index (χ4v) is 2.93. The van der Waals surface area contributed by atoms with Gasteiger partial charge in [-0.2, -0.15) is 0 Å². The molecule has 0 heterocycles. The highest BCUT2D eigenvalue weighted by Crippen LogP contribution is 2.27. The molecular formula is C24H25N3O4. The lowest BCUT2D eigenvalue weighted by molar-refractivity contribution is 0.146. The summed E-state index contributed by atoms with van der Waals surface area (Å²) >= 11 is 0. The van der Waals surface area contributed by atoms with Gasteiger partial charge in [0.25, 0.3) is 0 Å². The van der Waals surface area contributed by atoms with Crippen LogP contribution >= 0.6 is 0 Å². The van der Waals surface area contributed by atoms with Crippen molar-refractivity contribution in [1.82, 2.24) is 0 Å². The number of amides is 2. The average molecular weight is 419 g/mol. The molecule has 0 saturated carbocycles. The molecular weight excluding hydrogens is 394 g/mol. The van der Waals surface area contributed by atoms with Crippen LogP contribution in [-0.2, 0) is 22.6 Å². The SMILES string of the molecule is CCOC(=O)Nc1ccc(N(Cc2ccccc2)C(=O)OCc2ccccc2)cc1N. The van der Waals surface area contributed by atoms with Crippen molar-refractivity contribution >= 4 is 29.2 Å². The van der Waals surface area contributed by atoms with E-state index in [4.69, 9.17) is 15.2 Å². The second-order valence-corrected chi connectivity index (χ2v) is 6.73. The zero-order valence-corrected chi connectivity index (χ0v) is 17.3. The van der Waals surface area contributed by atoms with Crippen LogP contribution in [0.2, 0.25) is 0 Å². The molecule has 0 fully saturated rings. The van der Waals surface area contributed by atoms with Crippen molar-refractivity contribution in [1.29, 1.82) is 0 Å². The molecule has 3 N–H and O–H groups in total. The number of carbonyl (C=O) groups is 2. The molecule has 3 rings (SSSR count). The lowest BCUT2D eigenvalue weighted by atomic mass is 10.2. The second-order valence-electron chi connectivity index (χ2n) is 6.73. The minimum absolute atomic E-state index is 0.156. The van der Waals surface area contributed by atoms with Crippen molar-refractivity contribution in [2.75, 3.05) is 22.6 Å². The Hall–Kier alpha value is -4.00. The molecule has 0 saturated heterocycles. The van der Waals surface area contributed by atoms with Gasteiger partial charge in [-0.3, -0.25) is 10.2 Å². The molecule has 0 aliphatic rings. The van der Waals surface area contributed by atoms with Gasteiger partial charge in [0.2, 0.25) is 0 Å². The Morgan fingerprint density at radius 3 is 2.16 bits per heavy atom. The van der Waals surface area contributed by atoms with E-state index in [0.29, 0.717) is 23.6 Å². The fraction of sp³-hybridized carbons (Fsp3) is 0.167. The lowest BCUT2D eigenvalue weighted by Crippen LogP contribution is -2.31. The number of ether oxygens (including phenoxy) is 2. The number of hydrogen-bond acceptors (Lipinski definition) is 5. The van der Waals surface area contributed by atoms with Crippen LogP contribution in [0.25, 0.3) is 0 Å². The number of nitrogens with zero attached hydrogens (tertiary/aromatic N) is 1. The molecule has 3 aromatic carbocycles. The van der Waals surface area contributed by atoms with Gasteiger partial charge in [0.1, 0.15) is 6.61 Å². The quantitative estimate of drug-likeness (QED) is 0.515. The maximum atomic E-state index is 13.0. The normalized spacial score (nSPS) is 10.2. The molecule has 160 valence electrons. The van der Waals surface area contributed by atoms with E-state index in [1.807, 2.05) is 60.7 Å².